The fourth-order valence-electron chi connectivity index (χ4n) is 2.16. The molecule has 1 aliphatic heterocycles. The van der Waals surface area contributed by atoms with Crippen molar-refractivity contribution in [2.45, 2.75) is 25.9 Å². The van der Waals surface area contributed by atoms with E-state index in [1.807, 2.05) is 12.1 Å². The summed E-state index contributed by atoms with van der Waals surface area (Å²) in [6, 6.07) is 4.15. The zero-order chi connectivity index (χ0) is 12.3. The predicted octanol–water partition coefficient (Wildman–Crippen LogP) is 1.45. The molecule has 5 heteroatoms. The van der Waals surface area contributed by atoms with Crippen LogP contribution in [0.3, 0.4) is 0 Å². The minimum Gasteiger partial charge on any atom is -0.352 e. The standard InChI is InChI=1S/C12H16ClN3O/c1-9(17)15-11-4-6-16(8-11)7-10-3-2-5-14-12(10)13/h2-3,5,11H,4,6-8H2,1H3,(H,15,17). The van der Waals surface area contributed by atoms with Crippen LogP contribution in [0.4, 0.5) is 0 Å². The number of hydrogen-bond donors (Lipinski definition) is 1. The molecule has 4 nitrogen and oxygen atoms in total. The van der Waals surface area contributed by atoms with E-state index in [0.717, 1.165) is 31.6 Å². The van der Waals surface area contributed by atoms with E-state index in [1.165, 1.54) is 0 Å². The van der Waals surface area contributed by atoms with Gasteiger partial charge in [-0.25, -0.2) is 4.98 Å². The third-order valence-corrected chi connectivity index (χ3v) is 3.25. The molecule has 92 valence electrons. The predicted molar refractivity (Wildman–Crippen MR) is 66.7 cm³/mol. The summed E-state index contributed by atoms with van der Waals surface area (Å²) in [4.78, 5) is 17.3. The molecule has 1 aliphatic rings. The van der Waals surface area contributed by atoms with Crippen LogP contribution >= 0.6 is 11.6 Å². The second kappa shape index (κ2) is 5.47. The maximum absolute atomic E-state index is 11.0. The van der Waals surface area contributed by atoms with Crippen molar-refractivity contribution in [3.63, 3.8) is 0 Å². The van der Waals surface area contributed by atoms with E-state index in [0.29, 0.717) is 5.15 Å². The number of amides is 1. The van der Waals surface area contributed by atoms with Crippen molar-refractivity contribution in [2.75, 3.05) is 13.1 Å². The smallest absolute Gasteiger partial charge is 0.217 e. The van der Waals surface area contributed by atoms with Crippen LogP contribution in [0.2, 0.25) is 5.15 Å². The van der Waals surface area contributed by atoms with Crippen molar-refractivity contribution in [1.29, 1.82) is 0 Å². The molecular weight excluding hydrogens is 238 g/mol. The van der Waals surface area contributed by atoms with Gasteiger partial charge in [-0.2, -0.15) is 0 Å². The molecule has 0 spiro atoms. The maximum Gasteiger partial charge on any atom is 0.217 e. The minimum absolute atomic E-state index is 0.0382. The van der Waals surface area contributed by atoms with Gasteiger partial charge in [0.1, 0.15) is 5.15 Å². The Kier molecular flexibility index (Phi) is 3.97. The summed E-state index contributed by atoms with van der Waals surface area (Å²) in [6.07, 6.45) is 2.69. The van der Waals surface area contributed by atoms with Crippen molar-refractivity contribution in [1.82, 2.24) is 15.2 Å². The second-order valence-corrected chi connectivity index (χ2v) is 4.73. The first-order valence-electron chi connectivity index (χ1n) is 5.74. The van der Waals surface area contributed by atoms with Crippen molar-refractivity contribution in [3.8, 4) is 0 Å². The molecule has 0 bridgehead atoms. The summed E-state index contributed by atoms with van der Waals surface area (Å²) >= 11 is 6.02. The quantitative estimate of drug-likeness (QED) is 0.830. The SMILES string of the molecule is CC(=O)NC1CCN(Cc2cccnc2Cl)C1. The Balaban J connectivity index is 1.90. The number of carbonyl (C=O) groups excluding carboxylic acids is 1. The van der Waals surface area contributed by atoms with Crippen LogP contribution in [0, 0.1) is 0 Å². The molecule has 2 rings (SSSR count). The number of halogens is 1. The number of pyridine rings is 1. The molecule has 0 aromatic carbocycles. The van der Waals surface area contributed by atoms with Crippen molar-refractivity contribution in [2.24, 2.45) is 0 Å². The molecule has 0 aliphatic carbocycles. The van der Waals surface area contributed by atoms with Crippen LogP contribution in [0.15, 0.2) is 18.3 Å². The molecular formula is C12H16ClN3O. The topological polar surface area (TPSA) is 45.2 Å². The van der Waals surface area contributed by atoms with Gasteiger partial charge in [-0.05, 0) is 12.5 Å². The van der Waals surface area contributed by atoms with E-state index >= 15 is 0 Å². The Bertz CT molecular complexity index is 410. The van der Waals surface area contributed by atoms with Gasteiger partial charge < -0.3 is 5.32 Å². The highest BCUT2D eigenvalue weighted by atomic mass is 35.5. The van der Waals surface area contributed by atoms with E-state index < -0.39 is 0 Å². The second-order valence-electron chi connectivity index (χ2n) is 4.37. The third kappa shape index (κ3) is 3.41. The Hall–Kier alpha value is -1.13. The summed E-state index contributed by atoms with van der Waals surface area (Å²) in [7, 11) is 0. The van der Waals surface area contributed by atoms with Gasteiger partial charge >= 0.3 is 0 Å². The summed E-state index contributed by atoms with van der Waals surface area (Å²) in [5.74, 6) is 0.0382. The summed E-state index contributed by atoms with van der Waals surface area (Å²) < 4.78 is 0. The van der Waals surface area contributed by atoms with E-state index in [4.69, 9.17) is 11.6 Å². The lowest BCUT2D eigenvalue weighted by Gasteiger charge is -2.16. The van der Waals surface area contributed by atoms with Crippen LogP contribution < -0.4 is 5.32 Å². The Morgan fingerprint density at radius 3 is 3.24 bits per heavy atom. The first kappa shape index (κ1) is 12.3. The van der Waals surface area contributed by atoms with Crippen molar-refractivity contribution < 1.29 is 4.79 Å². The molecule has 1 unspecified atom stereocenters. The molecule has 1 aromatic heterocycles. The van der Waals surface area contributed by atoms with Crippen LogP contribution in [0.1, 0.15) is 18.9 Å². The molecule has 2 heterocycles. The van der Waals surface area contributed by atoms with Crippen LogP contribution in [-0.4, -0.2) is 34.9 Å². The highest BCUT2D eigenvalue weighted by Crippen LogP contribution is 2.17. The fourth-order valence-corrected chi connectivity index (χ4v) is 2.34. The third-order valence-electron chi connectivity index (χ3n) is 2.91. The van der Waals surface area contributed by atoms with Gasteiger partial charge in [0, 0.05) is 44.4 Å². The van der Waals surface area contributed by atoms with Crippen molar-refractivity contribution in [3.05, 3.63) is 29.0 Å². The number of rotatable bonds is 3. The Morgan fingerprint density at radius 1 is 1.71 bits per heavy atom. The Labute approximate surface area is 106 Å². The van der Waals surface area contributed by atoms with Crippen LogP contribution in [-0.2, 0) is 11.3 Å². The minimum atomic E-state index is 0.0382. The van der Waals surface area contributed by atoms with Gasteiger partial charge in [0.05, 0.1) is 0 Å². The van der Waals surface area contributed by atoms with Gasteiger partial charge in [0.2, 0.25) is 5.91 Å². The first-order chi connectivity index (χ1) is 8.15. The highest BCUT2D eigenvalue weighted by molar-refractivity contribution is 6.30. The maximum atomic E-state index is 11.0. The fraction of sp³-hybridized carbons (Fsp3) is 0.500. The van der Waals surface area contributed by atoms with E-state index in [9.17, 15) is 4.79 Å². The summed E-state index contributed by atoms with van der Waals surface area (Å²) in [5.41, 5.74) is 1.04. The lowest BCUT2D eigenvalue weighted by Crippen LogP contribution is -2.35. The highest BCUT2D eigenvalue weighted by Gasteiger charge is 2.23. The van der Waals surface area contributed by atoms with Gasteiger partial charge in [-0.3, -0.25) is 9.69 Å². The lowest BCUT2D eigenvalue weighted by molar-refractivity contribution is -0.119. The van der Waals surface area contributed by atoms with Crippen LogP contribution in [0.25, 0.3) is 0 Å². The molecule has 1 atom stereocenters. The normalized spacial score (nSPS) is 20.5. The average Bonchev–Trinajstić information content (AvgIpc) is 2.68. The van der Waals surface area contributed by atoms with Gasteiger partial charge in [0.15, 0.2) is 0 Å². The number of likely N-dealkylation sites (tertiary alicyclic amines) is 1. The molecule has 1 amide bonds. The zero-order valence-corrected chi connectivity index (χ0v) is 10.6. The van der Waals surface area contributed by atoms with Crippen LogP contribution in [0.5, 0.6) is 0 Å². The molecule has 1 saturated heterocycles. The molecule has 1 aromatic rings. The lowest BCUT2D eigenvalue weighted by atomic mass is 10.2. The molecule has 17 heavy (non-hydrogen) atoms. The van der Waals surface area contributed by atoms with Gasteiger partial charge in [-0.1, -0.05) is 17.7 Å². The molecule has 1 N–H and O–H groups in total. The number of nitrogens with zero attached hydrogens (tertiary/aromatic N) is 2. The number of hydrogen-bond acceptors (Lipinski definition) is 3. The summed E-state index contributed by atoms with van der Waals surface area (Å²) in [5, 5.41) is 3.51. The van der Waals surface area contributed by atoms with E-state index in [2.05, 4.69) is 15.2 Å². The Morgan fingerprint density at radius 2 is 2.53 bits per heavy atom. The number of aromatic nitrogens is 1. The van der Waals surface area contributed by atoms with Crippen molar-refractivity contribution >= 4 is 17.5 Å². The first-order valence-corrected chi connectivity index (χ1v) is 6.12. The molecule has 1 fully saturated rings. The zero-order valence-electron chi connectivity index (χ0n) is 9.82. The number of carbonyl (C=O) groups is 1. The largest absolute Gasteiger partial charge is 0.352 e. The van der Waals surface area contributed by atoms with E-state index in [-0.39, 0.29) is 11.9 Å². The molecule has 0 radical (unpaired) electrons. The number of nitrogens with one attached hydrogen (secondary N) is 1. The van der Waals surface area contributed by atoms with E-state index in [1.54, 1.807) is 13.1 Å². The summed E-state index contributed by atoms with van der Waals surface area (Å²) in [6.45, 7) is 4.21. The van der Waals surface area contributed by atoms with Gasteiger partial charge in [-0.15, -0.1) is 0 Å². The average molecular weight is 254 g/mol. The molecule has 0 saturated carbocycles. The monoisotopic (exact) mass is 253 g/mol. The van der Waals surface area contributed by atoms with Gasteiger partial charge in [0.25, 0.3) is 0 Å².